The van der Waals surface area contributed by atoms with Gasteiger partial charge in [0.2, 0.25) is 0 Å². The lowest BCUT2D eigenvalue weighted by Gasteiger charge is -2.15. The monoisotopic (exact) mass is 277 g/mol. The van der Waals surface area contributed by atoms with Gasteiger partial charge in [0.1, 0.15) is 5.75 Å². The van der Waals surface area contributed by atoms with Gasteiger partial charge in [-0.2, -0.15) is 0 Å². The molecule has 0 N–H and O–H groups in total. The quantitative estimate of drug-likeness (QED) is 0.713. The maximum Gasteiger partial charge on any atom is 0.181 e. The highest BCUT2D eigenvalue weighted by molar-refractivity contribution is 6.04. The lowest BCUT2D eigenvalue weighted by Crippen LogP contribution is -2.05. The minimum atomic E-state index is 0.0818. The van der Waals surface area contributed by atoms with E-state index in [1.165, 1.54) is 5.56 Å². The number of ether oxygens (including phenoxy) is 1. The maximum atomic E-state index is 12.4. The van der Waals surface area contributed by atoms with Crippen LogP contribution in [-0.4, -0.2) is 17.5 Å². The highest BCUT2D eigenvalue weighted by Crippen LogP contribution is 2.39. The van der Waals surface area contributed by atoms with Gasteiger partial charge in [0.25, 0.3) is 0 Å². The molecule has 3 heteroatoms. The highest BCUT2D eigenvalue weighted by atomic mass is 16.5. The van der Waals surface area contributed by atoms with Crippen LogP contribution in [0.15, 0.2) is 54.6 Å². The molecule has 1 atom stereocenters. The second kappa shape index (κ2) is 4.48. The number of nitrogens with zero attached hydrogens (tertiary/aromatic N) is 1. The largest absolute Gasteiger partial charge is 0.496 e. The third kappa shape index (κ3) is 1.70. The lowest BCUT2D eigenvalue weighted by molar-refractivity contribution is 0.0991. The first kappa shape index (κ1) is 12.2. The number of benzene rings is 2. The highest BCUT2D eigenvalue weighted by Gasteiger charge is 2.32. The van der Waals surface area contributed by atoms with Crippen LogP contribution in [0.25, 0.3) is 10.9 Å². The van der Waals surface area contributed by atoms with E-state index in [0.29, 0.717) is 6.42 Å². The number of Topliss-reactive ketones (excluding diaryl/α,β-unsaturated/α-hetero) is 1. The van der Waals surface area contributed by atoms with Crippen LogP contribution in [0.2, 0.25) is 0 Å². The van der Waals surface area contributed by atoms with Crippen molar-refractivity contribution in [2.75, 3.05) is 7.11 Å². The third-order valence-corrected chi connectivity index (χ3v) is 4.22. The molecule has 2 aromatic carbocycles. The maximum absolute atomic E-state index is 12.4. The number of carbonyl (C=O) groups excluding carboxylic acids is 1. The molecule has 0 unspecified atom stereocenters. The molecule has 3 aromatic rings. The van der Waals surface area contributed by atoms with Gasteiger partial charge in [0.05, 0.1) is 24.4 Å². The summed E-state index contributed by atoms with van der Waals surface area (Å²) in [7, 11) is 1.66. The van der Waals surface area contributed by atoms with Gasteiger partial charge >= 0.3 is 0 Å². The van der Waals surface area contributed by atoms with Gasteiger partial charge in [-0.15, -0.1) is 0 Å². The molecule has 1 aliphatic heterocycles. The smallest absolute Gasteiger partial charge is 0.181 e. The molecule has 104 valence electrons. The van der Waals surface area contributed by atoms with Gasteiger partial charge < -0.3 is 9.30 Å². The van der Waals surface area contributed by atoms with E-state index in [1.807, 2.05) is 36.4 Å². The summed E-state index contributed by atoms with van der Waals surface area (Å²) < 4.78 is 7.56. The second-order valence-corrected chi connectivity index (χ2v) is 5.35. The Balaban J connectivity index is 1.98. The van der Waals surface area contributed by atoms with Crippen LogP contribution in [0, 0.1) is 0 Å². The van der Waals surface area contributed by atoms with Crippen molar-refractivity contribution in [2.24, 2.45) is 0 Å². The molecule has 2 heterocycles. The molecule has 0 spiro atoms. The Morgan fingerprint density at radius 3 is 2.67 bits per heavy atom. The van der Waals surface area contributed by atoms with Crippen LogP contribution in [-0.2, 0) is 0 Å². The number of hydrogen-bond donors (Lipinski definition) is 0. The Morgan fingerprint density at radius 2 is 1.90 bits per heavy atom. The van der Waals surface area contributed by atoms with E-state index in [1.54, 1.807) is 7.11 Å². The fourth-order valence-corrected chi connectivity index (χ4v) is 3.27. The van der Waals surface area contributed by atoms with Crippen molar-refractivity contribution in [3.63, 3.8) is 0 Å². The molecule has 21 heavy (non-hydrogen) atoms. The number of carbonyl (C=O) groups is 1. The van der Waals surface area contributed by atoms with E-state index in [9.17, 15) is 4.79 Å². The zero-order valence-corrected chi connectivity index (χ0v) is 11.7. The Labute approximate surface area is 122 Å². The van der Waals surface area contributed by atoms with Crippen LogP contribution >= 0.6 is 0 Å². The average Bonchev–Trinajstić information content (AvgIpc) is 3.06. The first-order valence-electron chi connectivity index (χ1n) is 7.05. The Kier molecular flexibility index (Phi) is 2.61. The van der Waals surface area contributed by atoms with Crippen LogP contribution in [0.3, 0.4) is 0 Å². The van der Waals surface area contributed by atoms with E-state index in [0.717, 1.165) is 22.3 Å². The van der Waals surface area contributed by atoms with Gasteiger partial charge in [-0.05, 0) is 23.8 Å². The number of aromatic nitrogens is 1. The fraction of sp³-hybridized carbons (Fsp3) is 0.167. The molecular formula is C18H15NO2. The molecule has 0 bridgehead atoms. The van der Waals surface area contributed by atoms with Crippen molar-refractivity contribution >= 4 is 16.7 Å². The van der Waals surface area contributed by atoms with Crippen molar-refractivity contribution in [2.45, 2.75) is 12.5 Å². The van der Waals surface area contributed by atoms with Crippen LogP contribution in [0.1, 0.15) is 28.5 Å². The van der Waals surface area contributed by atoms with E-state index in [-0.39, 0.29) is 11.8 Å². The third-order valence-electron chi connectivity index (χ3n) is 4.22. The molecular weight excluding hydrogens is 262 g/mol. The van der Waals surface area contributed by atoms with Gasteiger partial charge in [-0.3, -0.25) is 4.79 Å². The molecule has 0 saturated carbocycles. The minimum Gasteiger partial charge on any atom is -0.496 e. The lowest BCUT2D eigenvalue weighted by atomic mass is 10.0. The van der Waals surface area contributed by atoms with Gasteiger partial charge in [0.15, 0.2) is 5.78 Å². The SMILES string of the molecule is COc1cccc2c1cc1n2[C@H](c2ccccc2)CC1=O. The standard InChI is InChI=1S/C18H15NO2/c1-21-18-9-5-8-14-13(18)10-16-17(20)11-15(19(14)16)12-6-3-2-4-7-12/h2-10,15H,11H2,1H3/t15-/m0/s1. The molecule has 0 saturated heterocycles. The number of ketones is 1. The fourth-order valence-electron chi connectivity index (χ4n) is 3.27. The topological polar surface area (TPSA) is 31.2 Å². The van der Waals surface area contributed by atoms with Crippen molar-refractivity contribution < 1.29 is 9.53 Å². The van der Waals surface area contributed by atoms with E-state index in [2.05, 4.69) is 22.8 Å². The Morgan fingerprint density at radius 1 is 1.10 bits per heavy atom. The predicted octanol–water partition coefficient (Wildman–Crippen LogP) is 3.83. The second-order valence-electron chi connectivity index (χ2n) is 5.35. The van der Waals surface area contributed by atoms with Crippen molar-refractivity contribution in [3.05, 3.63) is 65.9 Å². The first-order valence-corrected chi connectivity index (χ1v) is 7.05. The molecule has 0 aliphatic carbocycles. The summed E-state index contributed by atoms with van der Waals surface area (Å²) in [6.07, 6.45) is 0.534. The molecule has 3 nitrogen and oxygen atoms in total. The molecule has 0 radical (unpaired) electrons. The normalized spacial score (nSPS) is 17.2. The summed E-state index contributed by atoms with van der Waals surface area (Å²) >= 11 is 0. The number of methoxy groups -OCH3 is 1. The molecule has 0 fully saturated rings. The van der Waals surface area contributed by atoms with E-state index < -0.39 is 0 Å². The summed E-state index contributed by atoms with van der Waals surface area (Å²) in [6.45, 7) is 0. The Bertz CT molecular complexity index is 833. The van der Waals surface area contributed by atoms with Crippen LogP contribution < -0.4 is 4.74 Å². The number of hydrogen-bond acceptors (Lipinski definition) is 2. The van der Waals surface area contributed by atoms with Crippen molar-refractivity contribution in [1.29, 1.82) is 0 Å². The van der Waals surface area contributed by atoms with Gasteiger partial charge in [-0.25, -0.2) is 0 Å². The summed E-state index contributed by atoms with van der Waals surface area (Å²) in [5.74, 6) is 1.01. The van der Waals surface area contributed by atoms with E-state index >= 15 is 0 Å². The summed E-state index contributed by atoms with van der Waals surface area (Å²) in [4.78, 5) is 12.4. The first-order chi connectivity index (χ1) is 10.3. The zero-order chi connectivity index (χ0) is 14.4. The average molecular weight is 277 g/mol. The van der Waals surface area contributed by atoms with Gasteiger partial charge in [0, 0.05) is 11.8 Å². The molecule has 1 aromatic heterocycles. The van der Waals surface area contributed by atoms with Crippen LogP contribution in [0.4, 0.5) is 0 Å². The molecule has 4 rings (SSSR count). The molecule has 1 aliphatic rings. The minimum absolute atomic E-state index is 0.0818. The number of fused-ring (bicyclic) bond motifs is 3. The Hall–Kier alpha value is -2.55. The van der Waals surface area contributed by atoms with E-state index in [4.69, 9.17) is 4.74 Å². The molecule has 0 amide bonds. The zero-order valence-electron chi connectivity index (χ0n) is 11.7. The predicted molar refractivity (Wildman–Crippen MR) is 82.0 cm³/mol. The summed E-state index contributed by atoms with van der Waals surface area (Å²) in [6, 6.07) is 18.2. The number of rotatable bonds is 2. The van der Waals surface area contributed by atoms with Crippen molar-refractivity contribution in [1.82, 2.24) is 4.57 Å². The summed E-state index contributed by atoms with van der Waals surface area (Å²) in [5, 5.41) is 1.00. The van der Waals surface area contributed by atoms with Crippen molar-refractivity contribution in [3.8, 4) is 5.75 Å². The summed E-state index contributed by atoms with van der Waals surface area (Å²) in [5.41, 5.74) is 3.01. The van der Waals surface area contributed by atoms with Gasteiger partial charge in [-0.1, -0.05) is 36.4 Å². The van der Waals surface area contributed by atoms with Crippen LogP contribution in [0.5, 0.6) is 5.75 Å².